The van der Waals surface area contributed by atoms with Gasteiger partial charge in [-0.15, -0.1) is 0 Å². The minimum atomic E-state index is -1.62. The lowest BCUT2D eigenvalue weighted by Gasteiger charge is -2.59. The highest BCUT2D eigenvalue weighted by molar-refractivity contribution is 6.68. The maximum atomic E-state index is 11.9. The number of aliphatic hydroxyl groups excluding tert-OH is 2. The van der Waals surface area contributed by atoms with Crippen LogP contribution >= 0.6 is 34.8 Å². The minimum Gasteiger partial charge on any atom is -0.396 e. The van der Waals surface area contributed by atoms with Crippen molar-refractivity contribution in [2.24, 2.45) is 22.7 Å². The average Bonchev–Trinajstić information content (AvgIpc) is 2.92. The van der Waals surface area contributed by atoms with Gasteiger partial charge in [-0.05, 0) is 86.2 Å². The van der Waals surface area contributed by atoms with Gasteiger partial charge in [0.1, 0.15) is 6.10 Å². The van der Waals surface area contributed by atoms with Crippen LogP contribution in [0.1, 0.15) is 74.6 Å². The van der Waals surface area contributed by atoms with Crippen molar-refractivity contribution in [3.8, 4) is 0 Å². The van der Waals surface area contributed by atoms with Crippen LogP contribution in [0, 0.1) is 22.7 Å². The molecule has 2 aromatic heterocycles. The van der Waals surface area contributed by atoms with Crippen LogP contribution < -0.4 is 11.1 Å². The Bertz CT molecular complexity index is 1810. The Morgan fingerprint density at radius 1 is 0.727 bits per heavy atom. The van der Waals surface area contributed by atoms with E-state index in [4.69, 9.17) is 39.9 Å². The number of alkyl halides is 3. The van der Waals surface area contributed by atoms with E-state index in [0.717, 1.165) is 78.9 Å². The minimum absolute atomic E-state index is 0.0405. The summed E-state index contributed by atoms with van der Waals surface area (Å²) in [5.41, 5.74) is 2.42. The van der Waals surface area contributed by atoms with Gasteiger partial charge < -0.3 is 10.2 Å². The van der Waals surface area contributed by atoms with Gasteiger partial charge in [0.15, 0.2) is 0 Å². The first-order valence-corrected chi connectivity index (χ1v) is 16.4. The SMILES string of the molecule is O=c1[nH]nc(C2CC3(C2)CC(C(O)C(Cl)(Cl)Cl)C3)c2ccccc12.O=c1[nH]nc(C2CC3(CC(CO)C3)C2)c2ccccc12. The van der Waals surface area contributed by atoms with Crippen LogP contribution in [0.15, 0.2) is 58.1 Å². The molecule has 0 aliphatic heterocycles. The van der Waals surface area contributed by atoms with Crippen molar-refractivity contribution in [2.45, 2.75) is 73.1 Å². The topological polar surface area (TPSA) is 132 Å². The number of rotatable bonds is 4. The summed E-state index contributed by atoms with van der Waals surface area (Å²) in [6, 6.07) is 15.3. The molecule has 232 valence electrons. The van der Waals surface area contributed by atoms with E-state index in [0.29, 0.717) is 35.2 Å². The summed E-state index contributed by atoms with van der Waals surface area (Å²) in [5.74, 6) is 1.34. The van der Waals surface area contributed by atoms with E-state index in [1.807, 2.05) is 48.5 Å². The maximum Gasteiger partial charge on any atom is 0.272 e. The number of aromatic amines is 2. The zero-order chi connectivity index (χ0) is 30.9. The van der Waals surface area contributed by atoms with Gasteiger partial charge in [-0.2, -0.15) is 10.2 Å². The van der Waals surface area contributed by atoms with Crippen molar-refractivity contribution >= 4 is 56.3 Å². The van der Waals surface area contributed by atoms with Crippen molar-refractivity contribution in [1.82, 2.24) is 20.4 Å². The van der Waals surface area contributed by atoms with Crippen LogP contribution in [0.4, 0.5) is 0 Å². The number of aromatic nitrogens is 4. The summed E-state index contributed by atoms with van der Waals surface area (Å²) in [5, 5.41) is 36.4. The van der Waals surface area contributed by atoms with Gasteiger partial charge >= 0.3 is 0 Å². The van der Waals surface area contributed by atoms with Crippen molar-refractivity contribution in [3.63, 3.8) is 0 Å². The summed E-state index contributed by atoms with van der Waals surface area (Å²) in [7, 11) is 0. The second-order valence-electron chi connectivity index (χ2n) is 13.8. The normalized spacial score (nSPS) is 31.4. The molecule has 2 heterocycles. The van der Waals surface area contributed by atoms with Crippen molar-refractivity contribution < 1.29 is 10.2 Å². The number of hydrogen-bond acceptors (Lipinski definition) is 6. The highest BCUT2D eigenvalue weighted by Crippen LogP contribution is 2.66. The predicted octanol–water partition coefficient (Wildman–Crippen LogP) is 6.12. The third kappa shape index (κ3) is 5.26. The predicted molar refractivity (Wildman–Crippen MR) is 172 cm³/mol. The first kappa shape index (κ1) is 30.2. The number of nitrogens with one attached hydrogen (secondary N) is 2. The van der Waals surface area contributed by atoms with Gasteiger partial charge in [0, 0.05) is 29.2 Å². The van der Waals surface area contributed by atoms with E-state index in [2.05, 4.69) is 20.4 Å². The molecule has 0 saturated heterocycles. The Kier molecular flexibility index (Phi) is 7.61. The first-order valence-electron chi connectivity index (χ1n) is 15.3. The first-order chi connectivity index (χ1) is 21.0. The van der Waals surface area contributed by atoms with Crippen LogP contribution in [-0.4, -0.2) is 47.1 Å². The van der Waals surface area contributed by atoms with Gasteiger partial charge in [0.25, 0.3) is 11.1 Å². The fraction of sp³-hybridized carbons (Fsp3) is 0.515. The molecule has 44 heavy (non-hydrogen) atoms. The largest absolute Gasteiger partial charge is 0.396 e. The highest BCUT2D eigenvalue weighted by atomic mass is 35.6. The number of H-pyrrole nitrogens is 2. The number of fused-ring (bicyclic) bond motifs is 2. The van der Waals surface area contributed by atoms with Crippen LogP contribution in [-0.2, 0) is 0 Å². The van der Waals surface area contributed by atoms with Crippen LogP contribution in [0.5, 0.6) is 0 Å². The molecule has 0 bridgehead atoms. The number of hydrogen-bond donors (Lipinski definition) is 4. The van der Waals surface area contributed by atoms with Gasteiger partial charge in [0.05, 0.1) is 22.2 Å². The van der Waals surface area contributed by atoms with Crippen LogP contribution in [0.3, 0.4) is 0 Å². The third-order valence-corrected chi connectivity index (χ3v) is 11.5. The lowest BCUT2D eigenvalue weighted by atomic mass is 9.47. The summed E-state index contributed by atoms with van der Waals surface area (Å²) in [4.78, 5) is 23.7. The molecule has 2 aromatic carbocycles. The number of aliphatic hydroxyl groups is 2. The number of halogens is 3. The molecule has 4 fully saturated rings. The van der Waals surface area contributed by atoms with Gasteiger partial charge in [-0.1, -0.05) is 71.2 Å². The van der Waals surface area contributed by atoms with Crippen molar-refractivity contribution in [1.29, 1.82) is 0 Å². The van der Waals surface area contributed by atoms with E-state index < -0.39 is 9.90 Å². The standard InChI is InChI=1S/C17H17Cl3N2O2.C16H18N2O2/c18-17(19,20)14(23)10-7-16(8-10)5-9(6-16)13-11-3-1-2-4-12(11)15(24)22-21-13;19-9-10-5-16(6-10)7-11(8-16)14-12-3-1-2-4-13(12)15(20)18-17-14/h1-4,9-10,14,23H,5-8H2,(H,22,24);1-4,10-11,19H,5-9H2,(H,18,20). The smallest absolute Gasteiger partial charge is 0.272 e. The molecule has 4 aliphatic rings. The number of benzene rings is 2. The molecule has 1 atom stereocenters. The molecule has 0 radical (unpaired) electrons. The second-order valence-corrected chi connectivity index (χ2v) is 16.2. The molecular formula is C33H35Cl3N4O4. The number of nitrogens with zero attached hydrogens (tertiary/aromatic N) is 2. The average molecular weight is 658 g/mol. The molecule has 8 rings (SSSR count). The molecule has 4 N–H and O–H groups in total. The lowest BCUT2D eigenvalue weighted by Crippen LogP contribution is -2.52. The summed E-state index contributed by atoms with van der Waals surface area (Å²) < 4.78 is -1.62. The Labute approximate surface area is 269 Å². The molecular weight excluding hydrogens is 623 g/mol. The molecule has 2 spiro atoms. The van der Waals surface area contributed by atoms with Gasteiger partial charge in [-0.25, -0.2) is 10.2 Å². The lowest BCUT2D eigenvalue weighted by molar-refractivity contribution is -0.0895. The Morgan fingerprint density at radius 3 is 1.55 bits per heavy atom. The van der Waals surface area contributed by atoms with E-state index in [1.165, 1.54) is 0 Å². The van der Waals surface area contributed by atoms with Crippen LogP contribution in [0.25, 0.3) is 21.5 Å². The molecule has 8 nitrogen and oxygen atoms in total. The molecule has 1 unspecified atom stereocenters. The highest BCUT2D eigenvalue weighted by Gasteiger charge is 2.57. The van der Waals surface area contributed by atoms with E-state index in [-0.39, 0.29) is 22.5 Å². The van der Waals surface area contributed by atoms with E-state index >= 15 is 0 Å². The summed E-state index contributed by atoms with van der Waals surface area (Å²) in [6.45, 7) is 0.326. The Balaban J connectivity index is 0.000000144. The monoisotopic (exact) mass is 656 g/mol. The fourth-order valence-corrected chi connectivity index (χ4v) is 9.29. The Hall–Kier alpha value is -2.49. The van der Waals surface area contributed by atoms with E-state index in [1.54, 1.807) is 0 Å². The Morgan fingerprint density at radius 2 is 1.14 bits per heavy atom. The molecule has 4 saturated carbocycles. The van der Waals surface area contributed by atoms with Crippen molar-refractivity contribution in [3.05, 3.63) is 80.6 Å². The quantitative estimate of drug-likeness (QED) is 0.196. The molecule has 0 amide bonds. The molecule has 11 heteroatoms. The summed E-state index contributed by atoms with van der Waals surface area (Å²) in [6.07, 6.45) is 7.43. The summed E-state index contributed by atoms with van der Waals surface area (Å²) >= 11 is 17.4. The van der Waals surface area contributed by atoms with Crippen molar-refractivity contribution in [2.75, 3.05) is 6.61 Å². The molecule has 4 aromatic rings. The maximum absolute atomic E-state index is 11.9. The zero-order valence-electron chi connectivity index (χ0n) is 24.1. The van der Waals surface area contributed by atoms with E-state index in [9.17, 15) is 14.7 Å². The fourth-order valence-electron chi connectivity index (χ4n) is 8.76. The van der Waals surface area contributed by atoms with Gasteiger partial charge in [-0.3, -0.25) is 9.59 Å². The molecule has 4 aliphatic carbocycles. The van der Waals surface area contributed by atoms with Crippen LogP contribution in [0.2, 0.25) is 0 Å². The van der Waals surface area contributed by atoms with Gasteiger partial charge in [0.2, 0.25) is 3.79 Å². The second kappa shape index (κ2) is 11.1. The zero-order valence-corrected chi connectivity index (χ0v) is 26.4. The third-order valence-electron chi connectivity index (χ3n) is 10.8.